The Balaban J connectivity index is 2.42. The van der Waals surface area contributed by atoms with Gasteiger partial charge in [0.25, 0.3) is 5.91 Å². The Morgan fingerprint density at radius 3 is 2.65 bits per heavy atom. The quantitative estimate of drug-likeness (QED) is 0.841. The van der Waals surface area contributed by atoms with Gasteiger partial charge in [-0.1, -0.05) is 20.8 Å². The van der Waals surface area contributed by atoms with Gasteiger partial charge in [-0.15, -0.1) is 11.6 Å². The Kier molecular flexibility index (Phi) is 4.63. The standard InChI is InChI=1S/C13H20ClNO2/c1-9-5-6-17-11(9)12(16)15-8-10(14)7-13(2,3)4/h5-6,10H,7-8H2,1-4H3,(H,15,16). The number of furan rings is 1. The van der Waals surface area contributed by atoms with Crippen LogP contribution < -0.4 is 5.32 Å². The van der Waals surface area contributed by atoms with Gasteiger partial charge in [0.2, 0.25) is 0 Å². The minimum Gasteiger partial charge on any atom is -0.459 e. The lowest BCUT2D eigenvalue weighted by Crippen LogP contribution is -2.31. The van der Waals surface area contributed by atoms with Gasteiger partial charge in [0.1, 0.15) is 0 Å². The number of halogens is 1. The molecule has 0 radical (unpaired) electrons. The Morgan fingerprint density at radius 1 is 1.53 bits per heavy atom. The summed E-state index contributed by atoms with van der Waals surface area (Å²) in [5, 5.41) is 2.72. The summed E-state index contributed by atoms with van der Waals surface area (Å²) in [7, 11) is 0. The lowest BCUT2D eigenvalue weighted by atomic mass is 9.90. The molecule has 0 bridgehead atoms. The maximum absolute atomic E-state index is 11.7. The largest absolute Gasteiger partial charge is 0.459 e. The van der Waals surface area contributed by atoms with Gasteiger partial charge in [-0.25, -0.2) is 0 Å². The van der Waals surface area contributed by atoms with E-state index in [9.17, 15) is 4.79 Å². The average Bonchev–Trinajstić information content (AvgIpc) is 2.58. The summed E-state index contributed by atoms with van der Waals surface area (Å²) in [6, 6.07) is 1.77. The Bertz CT molecular complexity index is 379. The van der Waals surface area contributed by atoms with Crippen LogP contribution in [0, 0.1) is 12.3 Å². The molecule has 0 aliphatic rings. The van der Waals surface area contributed by atoms with E-state index in [0.29, 0.717) is 12.3 Å². The maximum Gasteiger partial charge on any atom is 0.287 e. The van der Waals surface area contributed by atoms with Gasteiger partial charge >= 0.3 is 0 Å². The van der Waals surface area contributed by atoms with E-state index in [2.05, 4.69) is 26.1 Å². The summed E-state index contributed by atoms with van der Waals surface area (Å²) < 4.78 is 5.10. The van der Waals surface area contributed by atoms with Crippen molar-refractivity contribution in [2.45, 2.75) is 39.5 Å². The van der Waals surface area contributed by atoms with Crippen molar-refractivity contribution in [1.82, 2.24) is 5.32 Å². The number of carbonyl (C=O) groups excluding carboxylic acids is 1. The molecule has 1 N–H and O–H groups in total. The molecule has 0 saturated heterocycles. The molecule has 1 rings (SSSR count). The molecular formula is C13H20ClNO2. The van der Waals surface area contributed by atoms with Crippen LogP contribution in [0.15, 0.2) is 16.7 Å². The van der Waals surface area contributed by atoms with Crippen molar-refractivity contribution in [3.63, 3.8) is 0 Å². The molecule has 4 heteroatoms. The molecule has 0 saturated carbocycles. The highest BCUT2D eigenvalue weighted by Crippen LogP contribution is 2.23. The lowest BCUT2D eigenvalue weighted by molar-refractivity contribution is 0.0923. The summed E-state index contributed by atoms with van der Waals surface area (Å²) in [4.78, 5) is 11.7. The second-order valence-electron chi connectivity index (χ2n) is 5.50. The lowest BCUT2D eigenvalue weighted by Gasteiger charge is -2.21. The van der Waals surface area contributed by atoms with Crippen molar-refractivity contribution in [1.29, 1.82) is 0 Å². The third-order valence-electron chi connectivity index (χ3n) is 2.39. The average molecular weight is 258 g/mol. The minimum absolute atomic E-state index is 0.0609. The van der Waals surface area contributed by atoms with Gasteiger partial charge < -0.3 is 9.73 Å². The highest BCUT2D eigenvalue weighted by molar-refractivity contribution is 6.21. The maximum atomic E-state index is 11.7. The Morgan fingerprint density at radius 2 is 2.18 bits per heavy atom. The van der Waals surface area contributed by atoms with Gasteiger partial charge in [0, 0.05) is 12.1 Å². The van der Waals surface area contributed by atoms with Crippen molar-refractivity contribution in [2.75, 3.05) is 6.54 Å². The molecule has 17 heavy (non-hydrogen) atoms. The van der Waals surface area contributed by atoms with Crippen LogP contribution >= 0.6 is 11.6 Å². The van der Waals surface area contributed by atoms with Crippen molar-refractivity contribution in [2.24, 2.45) is 5.41 Å². The molecule has 3 nitrogen and oxygen atoms in total. The summed E-state index contributed by atoms with van der Waals surface area (Å²) in [5.74, 6) is 0.164. The van der Waals surface area contributed by atoms with Crippen molar-refractivity contribution in [3.05, 3.63) is 23.7 Å². The van der Waals surface area contributed by atoms with E-state index in [4.69, 9.17) is 16.0 Å². The number of rotatable bonds is 4. The van der Waals surface area contributed by atoms with E-state index < -0.39 is 0 Å². The summed E-state index contributed by atoms with van der Waals surface area (Å²) in [6.07, 6.45) is 2.36. The number of nitrogens with one attached hydrogen (secondary N) is 1. The third kappa shape index (κ3) is 4.82. The fraction of sp³-hybridized carbons (Fsp3) is 0.615. The summed E-state index contributed by atoms with van der Waals surface area (Å²) in [5.41, 5.74) is 1.00. The van der Waals surface area contributed by atoms with Crippen LogP contribution in [0.4, 0.5) is 0 Å². The second kappa shape index (κ2) is 5.58. The second-order valence-corrected chi connectivity index (χ2v) is 6.12. The van der Waals surface area contributed by atoms with E-state index >= 15 is 0 Å². The highest BCUT2D eigenvalue weighted by atomic mass is 35.5. The molecule has 1 heterocycles. The highest BCUT2D eigenvalue weighted by Gasteiger charge is 2.18. The molecule has 1 aromatic rings. The van der Waals surface area contributed by atoms with Crippen LogP contribution in [-0.4, -0.2) is 17.8 Å². The van der Waals surface area contributed by atoms with E-state index in [1.807, 2.05) is 6.92 Å². The molecule has 1 atom stereocenters. The topological polar surface area (TPSA) is 42.2 Å². The number of aryl methyl sites for hydroxylation is 1. The van der Waals surface area contributed by atoms with Gasteiger partial charge in [-0.3, -0.25) is 4.79 Å². The molecule has 0 fully saturated rings. The number of carbonyl (C=O) groups is 1. The molecule has 0 aliphatic heterocycles. The number of amides is 1. The van der Waals surface area contributed by atoms with Crippen LogP contribution in [0.1, 0.15) is 43.3 Å². The van der Waals surface area contributed by atoms with Crippen molar-refractivity contribution in [3.8, 4) is 0 Å². The Labute approximate surface area is 108 Å². The molecule has 0 aliphatic carbocycles. The number of hydrogen-bond acceptors (Lipinski definition) is 2. The van der Waals surface area contributed by atoms with Crippen LogP contribution in [0.5, 0.6) is 0 Å². The van der Waals surface area contributed by atoms with Gasteiger partial charge in [-0.2, -0.15) is 0 Å². The fourth-order valence-corrected chi connectivity index (χ4v) is 2.17. The van der Waals surface area contributed by atoms with Gasteiger partial charge in [0.15, 0.2) is 5.76 Å². The molecule has 0 spiro atoms. The zero-order valence-corrected chi connectivity index (χ0v) is 11.6. The normalized spacial score (nSPS) is 13.5. The molecule has 1 unspecified atom stereocenters. The minimum atomic E-state index is -0.202. The van der Waals surface area contributed by atoms with Gasteiger partial charge in [-0.05, 0) is 24.8 Å². The van der Waals surface area contributed by atoms with Crippen LogP contribution in [0.3, 0.4) is 0 Å². The molecule has 96 valence electrons. The molecular weight excluding hydrogens is 238 g/mol. The summed E-state index contributed by atoms with van der Waals surface area (Å²) in [6.45, 7) is 8.67. The molecule has 0 aromatic carbocycles. The predicted octanol–water partition coefficient (Wildman–Crippen LogP) is 3.36. The first-order valence-corrected chi connectivity index (χ1v) is 6.19. The van der Waals surface area contributed by atoms with Crippen molar-refractivity contribution < 1.29 is 9.21 Å². The van der Waals surface area contributed by atoms with Crippen molar-refractivity contribution >= 4 is 17.5 Å². The monoisotopic (exact) mass is 257 g/mol. The van der Waals surface area contributed by atoms with Crippen LogP contribution in [0.2, 0.25) is 0 Å². The zero-order chi connectivity index (χ0) is 13.1. The summed E-state index contributed by atoms with van der Waals surface area (Å²) >= 11 is 6.17. The first-order valence-electron chi connectivity index (χ1n) is 5.76. The smallest absolute Gasteiger partial charge is 0.287 e. The predicted molar refractivity (Wildman–Crippen MR) is 69.5 cm³/mol. The van der Waals surface area contributed by atoms with E-state index in [0.717, 1.165) is 12.0 Å². The number of hydrogen-bond donors (Lipinski definition) is 1. The first kappa shape index (κ1) is 14.1. The number of alkyl halides is 1. The fourth-order valence-electron chi connectivity index (χ4n) is 1.63. The SMILES string of the molecule is Cc1ccoc1C(=O)NCC(Cl)CC(C)(C)C. The van der Waals surface area contributed by atoms with Crippen LogP contribution in [-0.2, 0) is 0 Å². The molecule has 1 aromatic heterocycles. The molecule has 1 amide bonds. The van der Waals surface area contributed by atoms with E-state index in [1.54, 1.807) is 6.07 Å². The zero-order valence-electron chi connectivity index (χ0n) is 10.8. The third-order valence-corrected chi connectivity index (χ3v) is 2.69. The van der Waals surface area contributed by atoms with E-state index in [1.165, 1.54) is 6.26 Å². The van der Waals surface area contributed by atoms with E-state index in [-0.39, 0.29) is 16.7 Å². The van der Waals surface area contributed by atoms with Gasteiger partial charge in [0.05, 0.1) is 11.6 Å². The first-order chi connectivity index (χ1) is 7.79. The Hall–Kier alpha value is -0.960. The van der Waals surface area contributed by atoms with Crippen LogP contribution in [0.25, 0.3) is 0 Å².